The Hall–Kier alpha value is -1.17. The number of ether oxygens (including phenoxy) is 1. The Balaban J connectivity index is 2.67. The molecule has 0 amide bonds. The van der Waals surface area contributed by atoms with E-state index in [1.165, 1.54) is 12.1 Å². The molecule has 1 rings (SSSR count). The van der Waals surface area contributed by atoms with E-state index >= 15 is 0 Å². The average Bonchev–Trinajstić information content (AvgIpc) is 2.52. The van der Waals surface area contributed by atoms with Gasteiger partial charge in [0.2, 0.25) is 0 Å². The van der Waals surface area contributed by atoms with Crippen LogP contribution >= 0.6 is 7.80 Å². The van der Waals surface area contributed by atoms with Crippen LogP contribution in [-0.2, 0) is 28.4 Å². The number of esters is 1. The normalized spacial score (nSPS) is 14.3. The minimum Gasteiger partial charge on any atom is -0.466 e. The summed E-state index contributed by atoms with van der Waals surface area (Å²) in [5.41, 5.74) is 0.929. The molecule has 0 heterocycles. The molecule has 6 nitrogen and oxygen atoms in total. The van der Waals surface area contributed by atoms with Gasteiger partial charge in [-0.15, -0.1) is 0 Å². The molecule has 0 N–H and O–H groups in total. The Labute approximate surface area is 150 Å². The summed E-state index contributed by atoms with van der Waals surface area (Å²) < 4.78 is 46.4. The second-order valence-corrected chi connectivity index (χ2v) is 9.74. The minimum absolute atomic E-state index is 0.0250. The molecule has 1 aromatic rings. The zero-order valence-electron chi connectivity index (χ0n) is 15.2. The number of benzene rings is 1. The molecule has 0 aliphatic carbocycles. The smallest absolute Gasteiger partial charge is 0.309 e. The van der Waals surface area contributed by atoms with Crippen LogP contribution in [0.3, 0.4) is 0 Å². The van der Waals surface area contributed by atoms with E-state index in [4.69, 9.17) is 8.92 Å². The third-order valence-corrected chi connectivity index (χ3v) is 6.44. The van der Waals surface area contributed by atoms with E-state index in [0.717, 1.165) is 5.56 Å². The van der Waals surface area contributed by atoms with Crippen molar-refractivity contribution in [1.29, 1.82) is 0 Å². The predicted octanol–water partition coefficient (Wildman–Crippen LogP) is 3.44. The van der Waals surface area contributed by atoms with Crippen molar-refractivity contribution in [2.75, 3.05) is 19.1 Å². The van der Waals surface area contributed by atoms with Crippen LogP contribution in [0, 0.1) is 18.8 Å². The molecule has 0 saturated heterocycles. The number of carbonyl (C=O) groups is 1. The highest BCUT2D eigenvalue weighted by molar-refractivity contribution is 7.87. The van der Waals surface area contributed by atoms with E-state index in [1.54, 1.807) is 19.1 Å². The fourth-order valence-corrected chi connectivity index (χ4v) is 5.09. The third kappa shape index (κ3) is 7.72. The van der Waals surface area contributed by atoms with Gasteiger partial charge in [-0.2, -0.15) is 8.42 Å². The van der Waals surface area contributed by atoms with Crippen molar-refractivity contribution in [2.45, 2.75) is 39.0 Å². The average molecular weight is 390 g/mol. The summed E-state index contributed by atoms with van der Waals surface area (Å²) in [6.45, 7) is 7.74. The van der Waals surface area contributed by atoms with Gasteiger partial charge in [0.25, 0.3) is 10.1 Å². The largest absolute Gasteiger partial charge is 0.466 e. The molecule has 0 radical (unpaired) electrons. The molecule has 0 bridgehead atoms. The van der Waals surface area contributed by atoms with E-state index in [2.05, 4.69) is 0 Å². The molecule has 2 atom stereocenters. The fourth-order valence-electron chi connectivity index (χ4n) is 2.34. The van der Waals surface area contributed by atoms with Crippen molar-refractivity contribution in [1.82, 2.24) is 0 Å². The van der Waals surface area contributed by atoms with Crippen LogP contribution in [0.1, 0.15) is 32.8 Å². The first-order valence-electron chi connectivity index (χ1n) is 8.30. The molecule has 25 heavy (non-hydrogen) atoms. The number of rotatable bonds is 10. The van der Waals surface area contributed by atoms with Crippen molar-refractivity contribution >= 4 is 23.9 Å². The van der Waals surface area contributed by atoms with Crippen LogP contribution in [0.5, 0.6) is 0 Å². The third-order valence-electron chi connectivity index (χ3n) is 3.53. The number of hydrogen-bond donors (Lipinski definition) is 0. The van der Waals surface area contributed by atoms with Crippen LogP contribution in [0.4, 0.5) is 0 Å². The van der Waals surface area contributed by atoms with E-state index in [-0.39, 0.29) is 23.6 Å². The van der Waals surface area contributed by atoms with E-state index in [0.29, 0.717) is 6.42 Å². The molecule has 0 aliphatic heterocycles. The highest BCUT2D eigenvalue weighted by atomic mass is 32.2. The molecule has 0 aliphatic rings. The van der Waals surface area contributed by atoms with Gasteiger partial charge < -0.3 is 9.30 Å². The second-order valence-electron chi connectivity index (χ2n) is 6.35. The Morgan fingerprint density at radius 2 is 1.80 bits per heavy atom. The second kappa shape index (κ2) is 10.1. The van der Waals surface area contributed by atoms with Crippen molar-refractivity contribution < 1.29 is 26.7 Å². The SMILES string of the molecule is CCOC(=O)C(CC(C)C)C[PH](=O)COS(=O)(=O)c1ccc(C)cc1. The van der Waals surface area contributed by atoms with Crippen LogP contribution < -0.4 is 0 Å². The van der Waals surface area contributed by atoms with Gasteiger partial charge in [-0.25, -0.2) is 0 Å². The standard InChI is InChI=1S/C17H27O6PS/c1-5-22-17(18)15(10-13(2)3)11-24(19)12-23-25(20,21)16-8-6-14(4)7-9-16/h6-9,13,15,24H,5,10-12H2,1-4H3. The lowest BCUT2D eigenvalue weighted by Crippen LogP contribution is -2.22. The molecule has 0 spiro atoms. The van der Waals surface area contributed by atoms with Gasteiger partial charge in [-0.3, -0.25) is 8.98 Å². The maximum Gasteiger partial charge on any atom is 0.309 e. The Kier molecular flexibility index (Phi) is 8.83. The Bertz CT molecular complexity index is 682. The molecule has 1 aromatic carbocycles. The maximum atomic E-state index is 12.3. The van der Waals surface area contributed by atoms with Crippen molar-refractivity contribution in [3.05, 3.63) is 29.8 Å². The lowest BCUT2D eigenvalue weighted by Gasteiger charge is -2.17. The number of aryl methyl sites for hydroxylation is 1. The van der Waals surface area contributed by atoms with Gasteiger partial charge in [0.1, 0.15) is 14.1 Å². The van der Waals surface area contributed by atoms with Crippen LogP contribution in [0.15, 0.2) is 29.2 Å². The zero-order chi connectivity index (χ0) is 19.0. The molecule has 0 aromatic heterocycles. The van der Waals surface area contributed by atoms with Crippen molar-refractivity contribution in [3.8, 4) is 0 Å². The summed E-state index contributed by atoms with van der Waals surface area (Å²) in [5, 5.41) is 0. The summed E-state index contributed by atoms with van der Waals surface area (Å²) >= 11 is 0. The quantitative estimate of drug-likeness (QED) is 0.346. The first kappa shape index (κ1) is 21.9. The molecular formula is C17H27O6PS. The molecule has 0 saturated carbocycles. The first-order chi connectivity index (χ1) is 11.7. The molecule has 142 valence electrons. The molecule has 0 fully saturated rings. The highest BCUT2D eigenvalue weighted by Crippen LogP contribution is 2.30. The maximum absolute atomic E-state index is 12.3. The summed E-state index contributed by atoms with van der Waals surface area (Å²) in [6, 6.07) is 6.22. The summed E-state index contributed by atoms with van der Waals surface area (Å²) in [7, 11) is -6.35. The van der Waals surface area contributed by atoms with E-state index in [9.17, 15) is 17.8 Å². The van der Waals surface area contributed by atoms with Gasteiger partial charge in [0, 0.05) is 6.16 Å². The molecular weight excluding hydrogens is 363 g/mol. The highest BCUT2D eigenvalue weighted by Gasteiger charge is 2.25. The molecule has 8 heteroatoms. The van der Waals surface area contributed by atoms with Crippen LogP contribution in [0.25, 0.3) is 0 Å². The van der Waals surface area contributed by atoms with Crippen LogP contribution in [-0.4, -0.2) is 33.5 Å². The zero-order valence-corrected chi connectivity index (χ0v) is 17.0. The Morgan fingerprint density at radius 1 is 1.20 bits per heavy atom. The van der Waals surface area contributed by atoms with Crippen molar-refractivity contribution in [2.24, 2.45) is 11.8 Å². The number of hydrogen-bond acceptors (Lipinski definition) is 6. The number of carbonyl (C=O) groups excluding carboxylic acids is 1. The van der Waals surface area contributed by atoms with Crippen molar-refractivity contribution in [3.63, 3.8) is 0 Å². The summed E-state index contributed by atoms with van der Waals surface area (Å²) in [5.74, 6) is -0.658. The first-order valence-corrected chi connectivity index (χ1v) is 11.5. The lowest BCUT2D eigenvalue weighted by atomic mass is 9.99. The Morgan fingerprint density at radius 3 is 2.32 bits per heavy atom. The van der Waals surface area contributed by atoms with Crippen LogP contribution in [0.2, 0.25) is 0 Å². The summed E-state index contributed by atoms with van der Waals surface area (Å²) in [6.07, 6.45) is 0.222. The monoisotopic (exact) mass is 390 g/mol. The minimum atomic E-state index is -3.95. The van der Waals surface area contributed by atoms with Gasteiger partial charge in [0.05, 0.1) is 17.4 Å². The predicted molar refractivity (Wildman–Crippen MR) is 97.8 cm³/mol. The summed E-state index contributed by atoms with van der Waals surface area (Å²) in [4.78, 5) is 12.0. The van der Waals surface area contributed by atoms with Gasteiger partial charge in [-0.1, -0.05) is 31.5 Å². The molecule has 2 unspecified atom stereocenters. The van der Waals surface area contributed by atoms with E-state index in [1.807, 2.05) is 20.8 Å². The topological polar surface area (TPSA) is 86.7 Å². The lowest BCUT2D eigenvalue weighted by molar-refractivity contribution is -0.147. The van der Waals surface area contributed by atoms with Gasteiger partial charge in [-0.05, 0) is 38.3 Å². The van der Waals surface area contributed by atoms with Gasteiger partial charge in [0.15, 0.2) is 0 Å². The van der Waals surface area contributed by atoms with Gasteiger partial charge >= 0.3 is 5.97 Å². The van der Waals surface area contributed by atoms with E-state index < -0.39 is 36.2 Å². The fraction of sp³-hybridized carbons (Fsp3) is 0.588.